The number of methoxy groups -OCH3 is 1. The molecule has 11 heteroatoms. The minimum atomic E-state index is -0.722. The van der Waals surface area contributed by atoms with Gasteiger partial charge in [-0.15, -0.1) is 0 Å². The van der Waals surface area contributed by atoms with Crippen molar-refractivity contribution in [3.63, 3.8) is 0 Å². The number of hydrogen-bond acceptors (Lipinski definition) is 8. The Labute approximate surface area is 259 Å². The molecule has 2 saturated heterocycles. The van der Waals surface area contributed by atoms with Gasteiger partial charge in [0.15, 0.2) is 0 Å². The summed E-state index contributed by atoms with van der Waals surface area (Å²) in [4.78, 5) is 60.7. The number of aromatic nitrogens is 1. The van der Waals surface area contributed by atoms with Crippen molar-refractivity contribution in [3.8, 4) is 5.75 Å². The molecule has 1 aromatic heterocycles. The standard InChI is InChI=1S/C32H36N4O5S2/c1-4-33(5-2)21-11-9-20(10-12-21)25-26-27(30(39)36(29(26)38)22-13-15-23(41-3)16-14-22)42-31-28(25)43-32(40)35(31)19-24(37)34-17-7-6-8-18-34/h9-16,25-27H,4-8,17-19H2,1-3H3/t25-,26-,27+/m0/s1. The molecule has 0 bridgehead atoms. The van der Waals surface area contributed by atoms with Crippen LogP contribution in [-0.4, -0.2) is 65.7 Å². The van der Waals surface area contributed by atoms with Crippen molar-refractivity contribution in [2.24, 2.45) is 5.92 Å². The van der Waals surface area contributed by atoms with Crippen LogP contribution in [-0.2, 0) is 20.9 Å². The molecular formula is C32H36N4O5S2. The number of nitrogens with zero attached hydrogens (tertiary/aromatic N) is 4. The van der Waals surface area contributed by atoms with Gasteiger partial charge in [-0.05, 0) is 75.1 Å². The third-order valence-electron chi connectivity index (χ3n) is 8.76. The van der Waals surface area contributed by atoms with Crippen LogP contribution in [0.4, 0.5) is 11.4 Å². The summed E-state index contributed by atoms with van der Waals surface area (Å²) in [5.74, 6) is -1.23. The van der Waals surface area contributed by atoms with Crippen LogP contribution in [0.5, 0.6) is 5.75 Å². The number of thiazole rings is 1. The molecule has 2 aromatic carbocycles. The van der Waals surface area contributed by atoms with Gasteiger partial charge in [-0.2, -0.15) is 0 Å². The first-order chi connectivity index (χ1) is 20.9. The van der Waals surface area contributed by atoms with Crippen molar-refractivity contribution in [3.05, 3.63) is 68.6 Å². The van der Waals surface area contributed by atoms with Crippen LogP contribution in [0.3, 0.4) is 0 Å². The maximum absolute atomic E-state index is 14.2. The number of anilines is 2. The van der Waals surface area contributed by atoms with Crippen LogP contribution >= 0.6 is 23.1 Å². The highest BCUT2D eigenvalue weighted by Crippen LogP contribution is 2.54. The number of piperidine rings is 1. The fourth-order valence-corrected chi connectivity index (χ4v) is 9.23. The van der Waals surface area contributed by atoms with Crippen LogP contribution < -0.4 is 19.4 Å². The summed E-state index contributed by atoms with van der Waals surface area (Å²) in [5.41, 5.74) is 2.44. The molecule has 0 saturated carbocycles. The minimum absolute atomic E-state index is 0.0625. The lowest BCUT2D eigenvalue weighted by Gasteiger charge is -2.31. The maximum Gasteiger partial charge on any atom is 0.308 e. The van der Waals surface area contributed by atoms with Gasteiger partial charge in [-0.25, -0.2) is 4.90 Å². The number of carbonyl (C=O) groups excluding carboxylic acids is 3. The highest BCUT2D eigenvalue weighted by molar-refractivity contribution is 8.00. The number of thioether (sulfide) groups is 1. The van der Waals surface area contributed by atoms with Gasteiger partial charge in [0.1, 0.15) is 17.5 Å². The molecule has 3 aromatic rings. The molecule has 0 N–H and O–H groups in total. The number of imide groups is 1. The Hall–Kier alpha value is -3.57. The van der Waals surface area contributed by atoms with Crippen molar-refractivity contribution in [2.75, 3.05) is 43.1 Å². The van der Waals surface area contributed by atoms with E-state index < -0.39 is 17.1 Å². The van der Waals surface area contributed by atoms with Crippen LogP contribution in [0.15, 0.2) is 58.4 Å². The van der Waals surface area contributed by atoms with Crippen molar-refractivity contribution in [2.45, 2.75) is 55.8 Å². The van der Waals surface area contributed by atoms with Crippen molar-refractivity contribution in [1.82, 2.24) is 9.47 Å². The summed E-state index contributed by atoms with van der Waals surface area (Å²) >= 11 is 2.34. The summed E-state index contributed by atoms with van der Waals surface area (Å²) in [6, 6.07) is 15.0. The number of amides is 3. The molecule has 6 rings (SSSR count). The predicted molar refractivity (Wildman–Crippen MR) is 169 cm³/mol. The fraction of sp³-hybridized carbons (Fsp3) is 0.438. The summed E-state index contributed by atoms with van der Waals surface area (Å²) < 4.78 is 6.80. The van der Waals surface area contributed by atoms with Gasteiger partial charge in [0, 0.05) is 42.7 Å². The van der Waals surface area contributed by atoms with E-state index in [1.165, 1.54) is 21.2 Å². The van der Waals surface area contributed by atoms with Gasteiger partial charge in [-0.1, -0.05) is 35.2 Å². The second kappa shape index (κ2) is 12.2. The lowest BCUT2D eigenvalue weighted by molar-refractivity contribution is -0.133. The lowest BCUT2D eigenvalue weighted by Crippen LogP contribution is -2.39. The van der Waals surface area contributed by atoms with Crippen molar-refractivity contribution < 1.29 is 19.1 Å². The van der Waals surface area contributed by atoms with Gasteiger partial charge >= 0.3 is 4.87 Å². The van der Waals surface area contributed by atoms with E-state index in [1.807, 2.05) is 29.2 Å². The molecule has 4 heterocycles. The van der Waals surface area contributed by atoms with Crippen molar-refractivity contribution in [1.29, 1.82) is 0 Å². The number of benzene rings is 2. The Morgan fingerprint density at radius 1 is 0.930 bits per heavy atom. The quantitative estimate of drug-likeness (QED) is 0.341. The molecule has 0 aliphatic carbocycles. The van der Waals surface area contributed by atoms with Crippen LogP contribution in [0.1, 0.15) is 49.5 Å². The fourth-order valence-electron chi connectivity index (χ4n) is 6.46. The Bertz CT molecular complexity index is 1570. The molecule has 3 amide bonds. The topological polar surface area (TPSA) is 92.2 Å². The molecule has 3 aliphatic rings. The zero-order valence-electron chi connectivity index (χ0n) is 24.7. The number of likely N-dealkylation sites (tertiary alicyclic amines) is 1. The van der Waals surface area contributed by atoms with Gasteiger partial charge in [-0.3, -0.25) is 23.7 Å². The normalized spacial score (nSPS) is 21.5. The third-order valence-corrected chi connectivity index (χ3v) is 11.4. The molecule has 9 nitrogen and oxygen atoms in total. The first-order valence-electron chi connectivity index (χ1n) is 14.9. The van der Waals surface area contributed by atoms with E-state index in [9.17, 15) is 19.2 Å². The van der Waals surface area contributed by atoms with E-state index >= 15 is 0 Å². The van der Waals surface area contributed by atoms with E-state index in [0.717, 1.165) is 59.8 Å². The number of hydrogen-bond donors (Lipinski definition) is 0. The summed E-state index contributed by atoms with van der Waals surface area (Å²) in [6.45, 7) is 7.27. The van der Waals surface area contributed by atoms with E-state index in [2.05, 4.69) is 18.7 Å². The van der Waals surface area contributed by atoms with Crippen LogP contribution in [0.25, 0.3) is 0 Å². The first-order valence-corrected chi connectivity index (χ1v) is 16.6. The van der Waals surface area contributed by atoms with Gasteiger partial charge < -0.3 is 14.5 Å². The minimum Gasteiger partial charge on any atom is -0.497 e. The Kier molecular flexibility index (Phi) is 8.37. The molecule has 0 spiro atoms. The second-order valence-corrected chi connectivity index (χ2v) is 13.2. The third kappa shape index (κ3) is 5.26. The molecular weight excluding hydrogens is 585 g/mol. The number of ether oxygens (including phenoxy) is 1. The highest BCUT2D eigenvalue weighted by Gasteiger charge is 2.56. The Morgan fingerprint density at radius 3 is 2.23 bits per heavy atom. The second-order valence-electron chi connectivity index (χ2n) is 11.1. The molecule has 43 heavy (non-hydrogen) atoms. The molecule has 0 unspecified atom stereocenters. The first kappa shape index (κ1) is 29.5. The summed E-state index contributed by atoms with van der Waals surface area (Å²) in [6.07, 6.45) is 3.03. The zero-order valence-corrected chi connectivity index (χ0v) is 26.3. The molecule has 3 atom stereocenters. The van der Waals surface area contributed by atoms with Crippen molar-refractivity contribution >= 4 is 52.2 Å². The van der Waals surface area contributed by atoms with E-state index in [4.69, 9.17) is 4.74 Å². The zero-order chi connectivity index (χ0) is 30.2. The van der Waals surface area contributed by atoms with Crippen LogP contribution in [0, 0.1) is 5.92 Å². The summed E-state index contributed by atoms with van der Waals surface area (Å²) in [5, 5.41) is -0.0999. The largest absolute Gasteiger partial charge is 0.497 e. The monoisotopic (exact) mass is 620 g/mol. The average Bonchev–Trinajstić information content (AvgIpc) is 3.48. The molecule has 226 valence electrons. The summed E-state index contributed by atoms with van der Waals surface area (Å²) in [7, 11) is 1.57. The highest BCUT2D eigenvalue weighted by atomic mass is 32.2. The Balaban J connectivity index is 1.42. The van der Waals surface area contributed by atoms with E-state index in [1.54, 1.807) is 31.4 Å². The maximum atomic E-state index is 14.2. The molecule has 2 fully saturated rings. The molecule has 3 aliphatic heterocycles. The van der Waals surface area contributed by atoms with Gasteiger partial charge in [0.25, 0.3) is 0 Å². The predicted octanol–water partition coefficient (Wildman–Crippen LogP) is 4.57. The van der Waals surface area contributed by atoms with Gasteiger partial charge in [0.05, 0.1) is 23.7 Å². The number of fused-ring (bicyclic) bond motifs is 2. The number of rotatable bonds is 8. The van der Waals surface area contributed by atoms with Gasteiger partial charge in [0.2, 0.25) is 17.7 Å². The van der Waals surface area contributed by atoms with E-state index in [-0.39, 0.29) is 29.1 Å². The Morgan fingerprint density at radius 2 is 1.60 bits per heavy atom. The smallest absolute Gasteiger partial charge is 0.308 e. The molecule has 0 radical (unpaired) electrons. The van der Waals surface area contributed by atoms with E-state index in [0.29, 0.717) is 29.6 Å². The lowest BCUT2D eigenvalue weighted by atomic mass is 9.83. The SMILES string of the molecule is CCN(CC)c1ccc([C@@H]2c3sc(=O)n(CC(=O)N4CCCCC4)c3S[C@H]3C(=O)N(c4ccc(OC)cc4)C(=O)[C@@H]23)cc1. The number of carbonyl (C=O) groups is 3. The average molecular weight is 621 g/mol. The van der Waals surface area contributed by atoms with Crippen LogP contribution in [0.2, 0.25) is 0 Å².